The van der Waals surface area contributed by atoms with E-state index in [0.717, 1.165) is 9.87 Å². The van der Waals surface area contributed by atoms with E-state index in [0.29, 0.717) is 15.6 Å². The molecule has 4 rings (SSSR count). The van der Waals surface area contributed by atoms with Gasteiger partial charge in [-0.2, -0.15) is 0 Å². The van der Waals surface area contributed by atoms with Crippen LogP contribution in [0, 0.1) is 0 Å². The second-order valence-corrected chi connectivity index (χ2v) is 15.2. The fraction of sp³-hybridized carbons (Fsp3) is 0.235. The molecule has 0 unspecified atom stereocenters. The highest BCUT2D eigenvalue weighted by Gasteiger charge is 2.36. The standard InChI is InChI=1S/C34H33Cl4N3O4S/c1-34(2,3)39-33(43)31(19-23-10-6-4-7-11-23)40(21-24-14-16-27(36)28(37)18-24)32(42)22-41(30-17-15-25(35)20-29(30)38)46(44,45)26-12-8-5-9-13-26/h4-18,20,31H,19,21-22H2,1-3H3,(H,39,43)/t31-/m1/s1. The molecular formula is C34H33Cl4N3O4S. The summed E-state index contributed by atoms with van der Waals surface area (Å²) in [7, 11) is -4.32. The largest absolute Gasteiger partial charge is 0.350 e. The lowest BCUT2D eigenvalue weighted by molar-refractivity contribution is -0.140. The van der Waals surface area contributed by atoms with Gasteiger partial charge in [-0.05, 0) is 74.4 Å². The molecule has 0 bridgehead atoms. The number of amides is 2. The van der Waals surface area contributed by atoms with E-state index in [2.05, 4.69) is 5.32 Å². The first-order chi connectivity index (χ1) is 21.7. The molecule has 242 valence electrons. The molecule has 12 heteroatoms. The fourth-order valence-electron chi connectivity index (χ4n) is 4.76. The number of benzene rings is 4. The smallest absolute Gasteiger partial charge is 0.264 e. The summed E-state index contributed by atoms with van der Waals surface area (Å²) in [4.78, 5) is 29.8. The summed E-state index contributed by atoms with van der Waals surface area (Å²) in [6.45, 7) is 4.78. The number of nitrogens with one attached hydrogen (secondary N) is 1. The Kier molecular flexibility index (Phi) is 11.7. The maximum Gasteiger partial charge on any atom is 0.264 e. The van der Waals surface area contributed by atoms with E-state index in [9.17, 15) is 18.0 Å². The Morgan fingerprint density at radius 3 is 1.98 bits per heavy atom. The van der Waals surface area contributed by atoms with Gasteiger partial charge in [-0.1, -0.05) is 101 Å². The number of hydrogen-bond donors (Lipinski definition) is 1. The average molecular weight is 722 g/mol. The Bertz CT molecular complexity index is 1800. The predicted molar refractivity (Wildman–Crippen MR) is 186 cm³/mol. The van der Waals surface area contributed by atoms with Gasteiger partial charge >= 0.3 is 0 Å². The van der Waals surface area contributed by atoms with Crippen LogP contribution in [0.2, 0.25) is 20.1 Å². The highest BCUT2D eigenvalue weighted by Crippen LogP contribution is 2.33. The molecule has 1 N–H and O–H groups in total. The number of halogens is 4. The molecule has 7 nitrogen and oxygen atoms in total. The van der Waals surface area contributed by atoms with Crippen LogP contribution in [0.15, 0.2) is 102 Å². The Balaban J connectivity index is 1.85. The fourth-order valence-corrected chi connectivity index (χ4v) is 7.09. The van der Waals surface area contributed by atoms with Crippen molar-refractivity contribution in [2.75, 3.05) is 10.8 Å². The van der Waals surface area contributed by atoms with Gasteiger partial charge in [-0.3, -0.25) is 13.9 Å². The van der Waals surface area contributed by atoms with Gasteiger partial charge in [0, 0.05) is 23.5 Å². The van der Waals surface area contributed by atoms with Crippen LogP contribution in [-0.2, 0) is 32.6 Å². The minimum absolute atomic E-state index is 0.0298. The van der Waals surface area contributed by atoms with Crippen LogP contribution in [0.3, 0.4) is 0 Å². The van der Waals surface area contributed by atoms with Crippen molar-refractivity contribution < 1.29 is 18.0 Å². The van der Waals surface area contributed by atoms with E-state index in [-0.39, 0.29) is 33.6 Å². The zero-order valence-electron chi connectivity index (χ0n) is 25.4. The van der Waals surface area contributed by atoms with Gasteiger partial charge in [0.15, 0.2) is 0 Å². The minimum Gasteiger partial charge on any atom is -0.350 e. The number of sulfonamides is 1. The molecule has 1 atom stereocenters. The van der Waals surface area contributed by atoms with Crippen molar-refractivity contribution in [1.29, 1.82) is 0 Å². The van der Waals surface area contributed by atoms with Crippen molar-refractivity contribution in [2.45, 2.75) is 50.2 Å². The molecule has 46 heavy (non-hydrogen) atoms. The molecule has 0 heterocycles. The predicted octanol–water partition coefficient (Wildman–Crippen LogP) is 8.05. The van der Waals surface area contributed by atoms with E-state index >= 15 is 0 Å². The topological polar surface area (TPSA) is 86.8 Å². The van der Waals surface area contributed by atoms with Crippen molar-refractivity contribution in [3.05, 3.63) is 128 Å². The van der Waals surface area contributed by atoms with Gasteiger partial charge in [0.05, 0.1) is 25.7 Å². The van der Waals surface area contributed by atoms with Crippen LogP contribution in [0.25, 0.3) is 0 Å². The summed E-state index contributed by atoms with van der Waals surface area (Å²) in [5.41, 5.74) is 0.824. The van der Waals surface area contributed by atoms with Crippen LogP contribution in [0.1, 0.15) is 31.9 Å². The van der Waals surface area contributed by atoms with Crippen LogP contribution in [0.4, 0.5) is 5.69 Å². The first-order valence-electron chi connectivity index (χ1n) is 14.3. The summed E-state index contributed by atoms with van der Waals surface area (Å²) in [6, 6.07) is 25.2. The van der Waals surface area contributed by atoms with Gasteiger partial charge in [-0.25, -0.2) is 8.42 Å². The quantitative estimate of drug-likeness (QED) is 0.170. The van der Waals surface area contributed by atoms with Crippen molar-refractivity contribution >= 4 is 73.9 Å². The van der Waals surface area contributed by atoms with Crippen molar-refractivity contribution in [3.8, 4) is 0 Å². The molecular weight excluding hydrogens is 688 g/mol. The Morgan fingerprint density at radius 1 is 0.761 bits per heavy atom. The van der Waals surface area contributed by atoms with Crippen molar-refractivity contribution in [1.82, 2.24) is 10.2 Å². The van der Waals surface area contributed by atoms with Crippen molar-refractivity contribution in [2.24, 2.45) is 0 Å². The van der Waals surface area contributed by atoms with Crippen molar-refractivity contribution in [3.63, 3.8) is 0 Å². The monoisotopic (exact) mass is 719 g/mol. The molecule has 4 aromatic carbocycles. The van der Waals surface area contributed by atoms with E-state index in [4.69, 9.17) is 46.4 Å². The molecule has 0 aromatic heterocycles. The maximum atomic E-state index is 14.6. The number of hydrogen-bond acceptors (Lipinski definition) is 4. The molecule has 0 aliphatic carbocycles. The molecule has 0 aliphatic rings. The Labute approximate surface area is 290 Å². The Hall–Kier alpha value is -3.27. The molecule has 0 saturated carbocycles. The average Bonchev–Trinajstić information content (AvgIpc) is 2.99. The molecule has 0 radical (unpaired) electrons. The summed E-state index contributed by atoms with van der Waals surface area (Å²) in [5.74, 6) is -1.06. The normalized spacial score (nSPS) is 12.3. The van der Waals surface area contributed by atoms with Crippen LogP contribution in [-0.4, -0.2) is 43.3 Å². The SMILES string of the molecule is CC(C)(C)NC(=O)[C@@H](Cc1ccccc1)N(Cc1ccc(Cl)c(Cl)c1)C(=O)CN(c1ccc(Cl)cc1Cl)S(=O)(=O)c1ccccc1. The molecule has 0 fully saturated rings. The first kappa shape index (κ1) is 35.6. The molecule has 0 saturated heterocycles. The number of anilines is 1. The molecule has 4 aromatic rings. The lowest BCUT2D eigenvalue weighted by Crippen LogP contribution is -2.56. The Morgan fingerprint density at radius 2 is 1.39 bits per heavy atom. The summed E-state index contributed by atoms with van der Waals surface area (Å²) in [6.07, 6.45) is 0.156. The van der Waals surface area contributed by atoms with E-state index < -0.39 is 40.0 Å². The molecule has 2 amide bonds. The minimum atomic E-state index is -4.32. The van der Waals surface area contributed by atoms with E-state index in [1.54, 1.807) is 36.4 Å². The summed E-state index contributed by atoms with van der Waals surface area (Å²) < 4.78 is 29.1. The highest BCUT2D eigenvalue weighted by molar-refractivity contribution is 7.92. The maximum absolute atomic E-state index is 14.6. The van der Waals surface area contributed by atoms with Gasteiger partial charge in [0.25, 0.3) is 10.0 Å². The van der Waals surface area contributed by atoms with Crippen LogP contribution >= 0.6 is 46.4 Å². The van der Waals surface area contributed by atoms with Crippen LogP contribution < -0.4 is 9.62 Å². The third-order valence-corrected chi connectivity index (χ3v) is 9.95. The first-order valence-corrected chi connectivity index (χ1v) is 17.2. The zero-order chi connectivity index (χ0) is 33.6. The van der Waals surface area contributed by atoms with E-state index in [1.165, 1.54) is 35.2 Å². The number of nitrogens with zero attached hydrogens (tertiary/aromatic N) is 2. The van der Waals surface area contributed by atoms with Gasteiger partial charge < -0.3 is 10.2 Å². The number of carbonyl (C=O) groups excluding carboxylic acids is 2. The highest BCUT2D eigenvalue weighted by atomic mass is 35.5. The second kappa shape index (κ2) is 15.1. The summed E-state index contributed by atoms with van der Waals surface area (Å²) >= 11 is 25.2. The van der Waals surface area contributed by atoms with Gasteiger partial charge in [-0.15, -0.1) is 0 Å². The van der Waals surface area contributed by atoms with Gasteiger partial charge in [0.1, 0.15) is 12.6 Å². The lowest BCUT2D eigenvalue weighted by atomic mass is 10.0. The number of rotatable bonds is 11. The second-order valence-electron chi connectivity index (χ2n) is 11.6. The van der Waals surface area contributed by atoms with Crippen LogP contribution in [0.5, 0.6) is 0 Å². The number of carbonyl (C=O) groups is 2. The third-order valence-electron chi connectivity index (χ3n) is 6.89. The van der Waals surface area contributed by atoms with Gasteiger partial charge in [0.2, 0.25) is 11.8 Å². The zero-order valence-corrected chi connectivity index (χ0v) is 29.2. The van der Waals surface area contributed by atoms with E-state index in [1.807, 2.05) is 51.1 Å². The third kappa shape index (κ3) is 9.17. The molecule has 0 spiro atoms. The lowest BCUT2D eigenvalue weighted by Gasteiger charge is -2.35. The molecule has 0 aliphatic heterocycles. The summed E-state index contributed by atoms with van der Waals surface area (Å²) in [5, 5.41) is 3.91.